The molecule has 1 aromatic heterocycles. The van der Waals surface area contributed by atoms with Gasteiger partial charge in [0.2, 0.25) is 0 Å². The summed E-state index contributed by atoms with van der Waals surface area (Å²) in [5.41, 5.74) is 1.36. The normalized spacial score (nSPS) is 16.3. The van der Waals surface area contributed by atoms with Gasteiger partial charge >= 0.3 is 0 Å². The number of ketones is 1. The topological polar surface area (TPSA) is 63.6 Å². The third-order valence-corrected chi connectivity index (χ3v) is 6.77. The summed E-state index contributed by atoms with van der Waals surface area (Å²) < 4.78 is 29.0. The molecule has 0 N–H and O–H groups in total. The van der Waals surface area contributed by atoms with Crippen molar-refractivity contribution in [2.75, 3.05) is 5.75 Å². The number of allylic oxidation sites excluding steroid dienone is 2. The molecule has 7 heteroatoms. The first kappa shape index (κ1) is 16.2. The zero-order valence-corrected chi connectivity index (χ0v) is 14.7. The van der Waals surface area contributed by atoms with Crippen molar-refractivity contribution in [3.63, 3.8) is 0 Å². The minimum atomic E-state index is -3.77. The number of benzene rings is 1. The van der Waals surface area contributed by atoms with Crippen LogP contribution in [0.3, 0.4) is 0 Å². The van der Waals surface area contributed by atoms with Gasteiger partial charge in [-0.3, -0.25) is 4.79 Å². The molecule has 4 nitrogen and oxygen atoms in total. The minimum Gasteiger partial charge on any atom is -0.288 e. The second kappa shape index (κ2) is 6.43. The van der Waals surface area contributed by atoms with Crippen LogP contribution in [0.4, 0.5) is 0 Å². The van der Waals surface area contributed by atoms with Crippen LogP contribution in [-0.4, -0.2) is 25.7 Å². The molecule has 3 rings (SSSR count). The van der Waals surface area contributed by atoms with Crippen LogP contribution in [0.15, 0.2) is 61.4 Å². The summed E-state index contributed by atoms with van der Waals surface area (Å²) in [7, 11) is -3.77. The van der Waals surface area contributed by atoms with Gasteiger partial charge in [-0.05, 0) is 23.3 Å². The lowest BCUT2D eigenvalue weighted by Gasteiger charge is -2.16. The van der Waals surface area contributed by atoms with E-state index in [-0.39, 0.29) is 9.99 Å². The molecule has 0 saturated heterocycles. The number of nitrogens with zero attached hydrogens (tertiary/aromatic N) is 1. The number of sulfonamides is 1. The van der Waals surface area contributed by atoms with Crippen LogP contribution in [0.25, 0.3) is 0 Å². The van der Waals surface area contributed by atoms with E-state index in [2.05, 4.69) is 4.40 Å². The summed E-state index contributed by atoms with van der Waals surface area (Å²) >= 11 is 2.51. The third kappa shape index (κ3) is 3.17. The highest BCUT2D eigenvalue weighted by molar-refractivity contribution is 8.04. The number of carbonyl (C=O) groups is 1. The fourth-order valence-corrected chi connectivity index (χ4v) is 4.94. The van der Waals surface area contributed by atoms with E-state index >= 15 is 0 Å². The first-order chi connectivity index (χ1) is 11.0. The Labute approximate surface area is 143 Å². The van der Waals surface area contributed by atoms with Gasteiger partial charge < -0.3 is 0 Å². The molecular weight excluding hydrogens is 350 g/mol. The number of thioether (sulfide) groups is 1. The Balaban J connectivity index is 2.16. The number of Topliss-reactive ketones (excluding diaryl/α,β-unsaturated/α-hetero) is 1. The lowest BCUT2D eigenvalue weighted by molar-refractivity contribution is 0.104. The summed E-state index contributed by atoms with van der Waals surface area (Å²) in [4.78, 5) is 13.0. The highest BCUT2D eigenvalue weighted by Crippen LogP contribution is 2.29. The van der Waals surface area contributed by atoms with Crippen molar-refractivity contribution in [3.8, 4) is 0 Å². The lowest BCUT2D eigenvalue weighted by atomic mass is 9.94. The predicted octanol–water partition coefficient (Wildman–Crippen LogP) is 3.76. The highest BCUT2D eigenvalue weighted by Gasteiger charge is 2.26. The van der Waals surface area contributed by atoms with Crippen molar-refractivity contribution < 1.29 is 13.2 Å². The molecule has 23 heavy (non-hydrogen) atoms. The van der Waals surface area contributed by atoms with Gasteiger partial charge in [-0.25, -0.2) is 0 Å². The highest BCUT2D eigenvalue weighted by atomic mass is 32.2. The summed E-state index contributed by atoms with van der Waals surface area (Å²) in [5, 5.41) is 1.69. The number of fused-ring (bicyclic) bond motifs is 1. The monoisotopic (exact) mass is 363 g/mol. The number of hydrogen-bond acceptors (Lipinski definition) is 5. The number of rotatable bonds is 4. The van der Waals surface area contributed by atoms with Gasteiger partial charge in [0.25, 0.3) is 10.0 Å². The van der Waals surface area contributed by atoms with E-state index in [1.54, 1.807) is 41.8 Å². The van der Waals surface area contributed by atoms with E-state index in [0.29, 0.717) is 21.7 Å². The molecule has 2 aromatic rings. The quantitative estimate of drug-likeness (QED) is 0.830. The molecule has 0 fully saturated rings. The summed E-state index contributed by atoms with van der Waals surface area (Å²) in [6.07, 6.45) is 1.57. The molecule has 0 amide bonds. The first-order valence-electron chi connectivity index (χ1n) is 6.90. The zero-order valence-electron chi connectivity index (χ0n) is 12.2. The van der Waals surface area contributed by atoms with E-state index in [0.717, 1.165) is 17.1 Å². The molecule has 1 aliphatic carbocycles. The molecule has 0 aliphatic heterocycles. The van der Waals surface area contributed by atoms with Gasteiger partial charge in [0, 0.05) is 11.1 Å². The Morgan fingerprint density at radius 3 is 2.52 bits per heavy atom. The Kier molecular flexibility index (Phi) is 4.52. The van der Waals surface area contributed by atoms with Crippen LogP contribution in [-0.2, 0) is 10.0 Å². The van der Waals surface area contributed by atoms with Crippen LogP contribution >= 0.6 is 23.1 Å². The molecule has 0 radical (unpaired) electrons. The molecule has 0 bridgehead atoms. The molecule has 1 heterocycles. The van der Waals surface area contributed by atoms with E-state index < -0.39 is 10.0 Å². The van der Waals surface area contributed by atoms with Gasteiger partial charge in [-0.15, -0.1) is 23.1 Å². The van der Waals surface area contributed by atoms with Crippen LogP contribution in [0.5, 0.6) is 0 Å². The van der Waals surface area contributed by atoms with Crippen LogP contribution in [0.1, 0.15) is 22.8 Å². The Bertz CT molecular complexity index is 910. The SMILES string of the molecule is CCSC1=CC(=NS(=O)(=O)c2cccs2)c2ccccc2C1=O. The van der Waals surface area contributed by atoms with Gasteiger partial charge in [0.05, 0.1) is 10.6 Å². The number of thiophene rings is 1. The van der Waals surface area contributed by atoms with Crippen LogP contribution in [0, 0.1) is 0 Å². The maximum atomic E-state index is 12.5. The lowest BCUT2D eigenvalue weighted by Crippen LogP contribution is -2.17. The molecule has 1 aromatic carbocycles. The van der Waals surface area contributed by atoms with E-state index in [1.165, 1.54) is 17.8 Å². The molecule has 0 unspecified atom stereocenters. The fourth-order valence-electron chi connectivity index (χ4n) is 2.23. The van der Waals surface area contributed by atoms with Crippen LogP contribution in [0.2, 0.25) is 0 Å². The summed E-state index contributed by atoms with van der Waals surface area (Å²) in [6.45, 7) is 1.94. The zero-order chi connectivity index (χ0) is 16.4. The maximum Gasteiger partial charge on any atom is 0.292 e. The molecule has 118 valence electrons. The average Bonchev–Trinajstić information content (AvgIpc) is 3.07. The van der Waals surface area contributed by atoms with Crippen LogP contribution < -0.4 is 0 Å². The molecule has 0 atom stereocenters. The molecular formula is C16H13NO3S3. The van der Waals surface area contributed by atoms with Crippen molar-refractivity contribution >= 4 is 44.6 Å². The third-order valence-electron chi connectivity index (χ3n) is 3.21. The van der Waals surface area contributed by atoms with Crippen molar-refractivity contribution in [3.05, 3.63) is 63.9 Å². The fraction of sp³-hybridized carbons (Fsp3) is 0.125. The smallest absolute Gasteiger partial charge is 0.288 e. The van der Waals surface area contributed by atoms with E-state index in [1.807, 2.05) is 6.92 Å². The molecule has 0 spiro atoms. The molecule has 1 aliphatic rings. The van der Waals surface area contributed by atoms with Gasteiger partial charge in [0.15, 0.2) is 5.78 Å². The first-order valence-corrected chi connectivity index (χ1v) is 10.2. The van der Waals surface area contributed by atoms with Gasteiger partial charge in [-0.1, -0.05) is 37.3 Å². The second-order valence-corrected chi connectivity index (χ2v) is 8.78. The van der Waals surface area contributed by atoms with E-state index in [9.17, 15) is 13.2 Å². The summed E-state index contributed by atoms with van der Waals surface area (Å²) in [6, 6.07) is 10.2. The van der Waals surface area contributed by atoms with Crippen molar-refractivity contribution in [2.45, 2.75) is 11.1 Å². The Hall–Kier alpha value is -1.70. The van der Waals surface area contributed by atoms with Crippen molar-refractivity contribution in [1.29, 1.82) is 0 Å². The largest absolute Gasteiger partial charge is 0.292 e. The van der Waals surface area contributed by atoms with Gasteiger partial charge in [0.1, 0.15) is 4.21 Å². The summed E-state index contributed by atoms with van der Waals surface area (Å²) in [5.74, 6) is 0.643. The number of carbonyl (C=O) groups excluding carboxylic acids is 1. The standard InChI is InChI=1S/C16H13NO3S3/c1-2-21-14-10-13(11-6-3-4-7-12(11)16(14)18)17-23(19,20)15-8-5-9-22-15/h3-10H,2H2,1H3. The Morgan fingerprint density at radius 1 is 1.13 bits per heavy atom. The van der Waals surface area contributed by atoms with Crippen molar-refractivity contribution in [2.24, 2.45) is 4.40 Å². The number of hydrogen-bond donors (Lipinski definition) is 0. The predicted molar refractivity (Wildman–Crippen MR) is 95.0 cm³/mol. The second-order valence-electron chi connectivity index (χ2n) is 4.70. The van der Waals surface area contributed by atoms with Gasteiger partial charge in [-0.2, -0.15) is 12.8 Å². The molecule has 0 saturated carbocycles. The average molecular weight is 363 g/mol. The Morgan fingerprint density at radius 2 is 1.87 bits per heavy atom. The maximum absolute atomic E-state index is 12.5. The van der Waals surface area contributed by atoms with E-state index in [4.69, 9.17) is 0 Å². The van der Waals surface area contributed by atoms with Crippen molar-refractivity contribution in [1.82, 2.24) is 0 Å². The minimum absolute atomic E-state index is 0.0834.